The van der Waals surface area contributed by atoms with Gasteiger partial charge in [-0.3, -0.25) is 10.0 Å². The van der Waals surface area contributed by atoms with Crippen LogP contribution < -0.4 is 0 Å². The molecule has 1 atom stereocenters. The summed E-state index contributed by atoms with van der Waals surface area (Å²) in [5.41, 5.74) is 0. The SMILES string of the molecule is CN(O)C(=O)C1CCN1F. The van der Waals surface area contributed by atoms with E-state index in [0.29, 0.717) is 16.6 Å². The number of carbonyl (C=O) groups is 1. The Morgan fingerprint density at radius 1 is 1.90 bits per heavy atom. The lowest BCUT2D eigenvalue weighted by molar-refractivity contribution is -0.184. The minimum Gasteiger partial charge on any atom is -0.286 e. The molecule has 1 N–H and O–H groups in total. The summed E-state index contributed by atoms with van der Waals surface area (Å²) >= 11 is 0. The molecule has 0 aliphatic carbocycles. The van der Waals surface area contributed by atoms with Gasteiger partial charge in [0.05, 0.1) is 0 Å². The van der Waals surface area contributed by atoms with Crippen molar-refractivity contribution in [3.8, 4) is 0 Å². The Morgan fingerprint density at radius 3 is 2.60 bits per heavy atom. The third-order valence-corrected chi connectivity index (χ3v) is 1.56. The summed E-state index contributed by atoms with van der Waals surface area (Å²) in [5, 5.41) is 9.39. The summed E-state index contributed by atoms with van der Waals surface area (Å²) in [6.45, 7) is 0.282. The molecule has 0 radical (unpaired) electrons. The average molecular weight is 148 g/mol. The van der Waals surface area contributed by atoms with E-state index in [9.17, 15) is 9.28 Å². The minimum atomic E-state index is -0.755. The Hall–Kier alpha value is -0.680. The molecule has 0 bridgehead atoms. The number of hydroxylamine groups is 2. The number of hydrogen-bond acceptors (Lipinski definition) is 3. The molecule has 1 amide bonds. The van der Waals surface area contributed by atoms with Gasteiger partial charge in [0.15, 0.2) is 0 Å². The molecule has 0 aromatic carbocycles. The molecule has 1 unspecified atom stereocenters. The third kappa shape index (κ3) is 1.10. The number of hydrogen-bond donors (Lipinski definition) is 1. The maximum absolute atomic E-state index is 12.3. The maximum Gasteiger partial charge on any atom is 0.265 e. The van der Waals surface area contributed by atoms with Crippen LogP contribution >= 0.6 is 0 Å². The van der Waals surface area contributed by atoms with Crippen LogP contribution in [0.2, 0.25) is 0 Å². The molecule has 1 fully saturated rings. The van der Waals surface area contributed by atoms with Crippen molar-refractivity contribution in [3.63, 3.8) is 0 Å². The van der Waals surface area contributed by atoms with Crippen LogP contribution in [0.4, 0.5) is 4.48 Å². The highest BCUT2D eigenvalue weighted by Crippen LogP contribution is 2.18. The quantitative estimate of drug-likeness (QED) is 0.318. The highest BCUT2D eigenvalue weighted by molar-refractivity contribution is 5.81. The molecule has 58 valence electrons. The van der Waals surface area contributed by atoms with Gasteiger partial charge in [-0.15, -0.1) is 9.60 Å². The van der Waals surface area contributed by atoms with Crippen LogP contribution in [0.1, 0.15) is 6.42 Å². The van der Waals surface area contributed by atoms with E-state index in [4.69, 9.17) is 5.21 Å². The zero-order valence-electron chi connectivity index (χ0n) is 5.62. The fourth-order valence-corrected chi connectivity index (χ4v) is 0.815. The van der Waals surface area contributed by atoms with E-state index < -0.39 is 11.9 Å². The third-order valence-electron chi connectivity index (χ3n) is 1.56. The molecule has 0 aromatic rings. The Kier molecular flexibility index (Phi) is 1.87. The second kappa shape index (κ2) is 2.51. The fourth-order valence-electron chi connectivity index (χ4n) is 0.815. The molecule has 10 heavy (non-hydrogen) atoms. The molecule has 4 nitrogen and oxygen atoms in total. The Labute approximate surface area is 57.7 Å². The van der Waals surface area contributed by atoms with Crippen LogP contribution in [0.3, 0.4) is 0 Å². The van der Waals surface area contributed by atoms with Crippen molar-refractivity contribution in [2.75, 3.05) is 13.6 Å². The average Bonchev–Trinajstić information content (AvgIpc) is 1.84. The van der Waals surface area contributed by atoms with Crippen molar-refractivity contribution in [1.29, 1.82) is 0 Å². The highest BCUT2D eigenvalue weighted by atomic mass is 19.2. The van der Waals surface area contributed by atoms with Gasteiger partial charge < -0.3 is 0 Å². The molecule has 1 aliphatic heterocycles. The monoisotopic (exact) mass is 148 g/mol. The summed E-state index contributed by atoms with van der Waals surface area (Å²) in [4.78, 5) is 10.7. The lowest BCUT2D eigenvalue weighted by atomic mass is 10.1. The summed E-state index contributed by atoms with van der Waals surface area (Å²) in [7, 11) is 1.19. The fraction of sp³-hybridized carbons (Fsp3) is 0.800. The predicted octanol–water partition coefficient (Wildman–Crippen LogP) is -0.207. The lowest BCUT2D eigenvalue weighted by Gasteiger charge is -2.32. The van der Waals surface area contributed by atoms with E-state index >= 15 is 0 Å². The molecule has 5 heteroatoms. The van der Waals surface area contributed by atoms with E-state index in [1.165, 1.54) is 7.05 Å². The number of amides is 1. The van der Waals surface area contributed by atoms with E-state index in [0.717, 1.165) is 0 Å². The van der Waals surface area contributed by atoms with Crippen molar-refractivity contribution in [2.45, 2.75) is 12.5 Å². The largest absolute Gasteiger partial charge is 0.286 e. The van der Waals surface area contributed by atoms with Crippen molar-refractivity contribution >= 4 is 5.91 Å². The summed E-state index contributed by atoms with van der Waals surface area (Å²) in [5.74, 6) is -0.589. The predicted molar refractivity (Wildman–Crippen MR) is 30.8 cm³/mol. The Morgan fingerprint density at radius 2 is 2.50 bits per heavy atom. The molecule has 0 spiro atoms. The maximum atomic E-state index is 12.3. The van der Waals surface area contributed by atoms with Gasteiger partial charge >= 0.3 is 0 Å². The van der Waals surface area contributed by atoms with Crippen LogP contribution in [-0.2, 0) is 4.79 Å². The zero-order chi connectivity index (χ0) is 7.72. The van der Waals surface area contributed by atoms with Crippen LogP contribution in [0.25, 0.3) is 0 Å². The second-order valence-corrected chi connectivity index (χ2v) is 2.29. The van der Waals surface area contributed by atoms with Crippen molar-refractivity contribution in [3.05, 3.63) is 0 Å². The van der Waals surface area contributed by atoms with Gasteiger partial charge in [-0.1, -0.05) is 0 Å². The smallest absolute Gasteiger partial charge is 0.265 e. The second-order valence-electron chi connectivity index (χ2n) is 2.29. The first-order chi connectivity index (χ1) is 4.63. The number of rotatable bonds is 1. The first-order valence-electron chi connectivity index (χ1n) is 3.02. The van der Waals surface area contributed by atoms with Gasteiger partial charge in [-0.25, -0.2) is 5.06 Å². The van der Waals surface area contributed by atoms with Gasteiger partial charge in [0.1, 0.15) is 6.04 Å². The normalized spacial score (nSPS) is 25.7. The molecule has 1 heterocycles. The molecular formula is C5H9FN2O2. The van der Waals surface area contributed by atoms with Gasteiger partial charge in [0, 0.05) is 13.6 Å². The van der Waals surface area contributed by atoms with Gasteiger partial charge in [0.25, 0.3) is 5.91 Å². The number of carbonyl (C=O) groups excluding carboxylic acids is 1. The molecule has 1 rings (SSSR count). The Balaban J connectivity index is 2.42. The minimum absolute atomic E-state index is 0.282. The molecular weight excluding hydrogens is 139 g/mol. The van der Waals surface area contributed by atoms with Crippen LogP contribution in [0, 0.1) is 0 Å². The number of halogens is 1. The van der Waals surface area contributed by atoms with E-state index in [1.807, 2.05) is 0 Å². The summed E-state index contributed by atoms with van der Waals surface area (Å²) in [6.07, 6.45) is 0.486. The van der Waals surface area contributed by atoms with Gasteiger partial charge in [0.2, 0.25) is 0 Å². The first-order valence-corrected chi connectivity index (χ1v) is 3.02. The van der Waals surface area contributed by atoms with E-state index in [2.05, 4.69) is 0 Å². The van der Waals surface area contributed by atoms with Crippen LogP contribution in [0.15, 0.2) is 0 Å². The standard InChI is InChI=1S/C5H9FN2O2/c1-7(10)5(9)4-2-3-8(4)6/h4,10H,2-3H2,1H3. The summed E-state index contributed by atoms with van der Waals surface area (Å²) < 4.78 is 12.3. The lowest BCUT2D eigenvalue weighted by Crippen LogP contribution is -2.51. The van der Waals surface area contributed by atoms with Gasteiger partial charge in [-0.05, 0) is 6.42 Å². The molecule has 0 aromatic heterocycles. The van der Waals surface area contributed by atoms with E-state index in [1.54, 1.807) is 0 Å². The highest BCUT2D eigenvalue weighted by Gasteiger charge is 2.36. The van der Waals surface area contributed by atoms with Crippen LogP contribution in [0.5, 0.6) is 0 Å². The molecule has 1 aliphatic rings. The van der Waals surface area contributed by atoms with Crippen LogP contribution in [-0.4, -0.2) is 40.9 Å². The van der Waals surface area contributed by atoms with E-state index in [-0.39, 0.29) is 6.54 Å². The topological polar surface area (TPSA) is 43.8 Å². The number of likely N-dealkylation sites (N-methyl/N-ethyl adjacent to an activating group) is 1. The first kappa shape index (κ1) is 7.43. The molecule has 1 saturated heterocycles. The number of nitrogens with zero attached hydrogens (tertiary/aromatic N) is 2. The Bertz CT molecular complexity index is 151. The molecule has 0 saturated carbocycles. The van der Waals surface area contributed by atoms with Crippen molar-refractivity contribution < 1.29 is 14.5 Å². The summed E-state index contributed by atoms with van der Waals surface area (Å²) in [6, 6.07) is -0.755. The zero-order valence-corrected chi connectivity index (χ0v) is 5.62. The van der Waals surface area contributed by atoms with Crippen molar-refractivity contribution in [2.24, 2.45) is 0 Å². The van der Waals surface area contributed by atoms with Crippen molar-refractivity contribution in [1.82, 2.24) is 10.2 Å². The van der Waals surface area contributed by atoms with Gasteiger partial charge in [-0.2, -0.15) is 0 Å².